The van der Waals surface area contributed by atoms with Crippen molar-refractivity contribution in [2.24, 2.45) is 0 Å². The van der Waals surface area contributed by atoms with Crippen molar-refractivity contribution >= 4 is 18.4 Å². The molecule has 1 aliphatic rings. The van der Waals surface area contributed by atoms with Crippen molar-refractivity contribution in [3.8, 4) is 0 Å². The van der Waals surface area contributed by atoms with Crippen LogP contribution in [-0.4, -0.2) is 55.9 Å². The summed E-state index contributed by atoms with van der Waals surface area (Å²) in [7, 11) is 1.39. The van der Waals surface area contributed by atoms with Crippen molar-refractivity contribution in [3.63, 3.8) is 0 Å². The third-order valence-corrected chi connectivity index (χ3v) is 3.72. The highest BCUT2D eigenvalue weighted by Gasteiger charge is 2.25. The summed E-state index contributed by atoms with van der Waals surface area (Å²) in [6.45, 7) is 3.80. The summed E-state index contributed by atoms with van der Waals surface area (Å²) in [5.41, 5.74) is 1.53. The Morgan fingerprint density at radius 1 is 1.38 bits per heavy atom. The number of piperazine rings is 1. The van der Waals surface area contributed by atoms with E-state index in [0.29, 0.717) is 12.0 Å². The first kappa shape index (κ1) is 17.9. The second-order valence-electron chi connectivity index (χ2n) is 4.89. The maximum atomic E-state index is 11.9. The number of ether oxygens (including phenoxy) is 1. The lowest BCUT2D eigenvalue weighted by atomic mass is 9.96. The Balaban J connectivity index is 0.00000220. The highest BCUT2D eigenvalue weighted by Crippen LogP contribution is 2.27. The second kappa shape index (κ2) is 9.00. The molecule has 1 aromatic rings. The molecule has 0 spiro atoms. The van der Waals surface area contributed by atoms with Gasteiger partial charge >= 0.3 is 5.97 Å². The van der Waals surface area contributed by atoms with Crippen LogP contribution in [0.1, 0.15) is 28.4 Å². The lowest BCUT2D eigenvalue weighted by Gasteiger charge is -2.35. The molecular weight excluding hydrogens is 292 g/mol. The van der Waals surface area contributed by atoms with Crippen molar-refractivity contribution in [1.29, 1.82) is 0 Å². The highest BCUT2D eigenvalue weighted by atomic mass is 35.5. The first-order valence-electron chi connectivity index (χ1n) is 7.00. The third kappa shape index (κ3) is 4.41. The number of methoxy groups -OCH3 is 1. The molecule has 0 radical (unpaired) electrons. The van der Waals surface area contributed by atoms with Gasteiger partial charge in [0.15, 0.2) is 0 Å². The molecule has 1 saturated heterocycles. The number of rotatable bonds is 5. The highest BCUT2D eigenvalue weighted by molar-refractivity contribution is 5.91. The minimum Gasteiger partial charge on any atom is -0.465 e. The van der Waals surface area contributed by atoms with Crippen molar-refractivity contribution in [2.75, 3.05) is 39.9 Å². The number of halogens is 1. The van der Waals surface area contributed by atoms with Gasteiger partial charge in [0.1, 0.15) is 0 Å². The summed E-state index contributed by atoms with van der Waals surface area (Å²) in [4.78, 5) is 14.2. The van der Waals surface area contributed by atoms with Crippen LogP contribution in [0.25, 0.3) is 0 Å². The van der Waals surface area contributed by atoms with Gasteiger partial charge in [-0.05, 0) is 18.1 Å². The van der Waals surface area contributed by atoms with Crippen LogP contribution >= 0.6 is 12.4 Å². The smallest absolute Gasteiger partial charge is 0.338 e. The summed E-state index contributed by atoms with van der Waals surface area (Å²) >= 11 is 0. The fourth-order valence-corrected chi connectivity index (χ4v) is 2.73. The van der Waals surface area contributed by atoms with Crippen LogP contribution < -0.4 is 5.32 Å². The Morgan fingerprint density at radius 3 is 2.67 bits per heavy atom. The molecule has 0 unspecified atom stereocenters. The average Bonchev–Trinajstić information content (AvgIpc) is 2.53. The molecule has 118 valence electrons. The number of aliphatic hydroxyl groups is 1. The first-order chi connectivity index (χ1) is 9.77. The van der Waals surface area contributed by atoms with E-state index in [0.717, 1.165) is 31.7 Å². The number of esters is 1. The number of carbonyl (C=O) groups is 1. The molecule has 2 rings (SSSR count). The SMILES string of the molecule is COC(=O)c1ccccc1[C@H](CCO)N1CCNCC1.Cl. The van der Waals surface area contributed by atoms with Gasteiger partial charge in [0, 0.05) is 38.8 Å². The van der Waals surface area contributed by atoms with Crippen LogP contribution in [0.3, 0.4) is 0 Å². The number of hydrogen-bond donors (Lipinski definition) is 2. The monoisotopic (exact) mass is 314 g/mol. The lowest BCUT2D eigenvalue weighted by molar-refractivity contribution is 0.0593. The topological polar surface area (TPSA) is 61.8 Å². The molecule has 1 aromatic carbocycles. The van der Waals surface area contributed by atoms with Gasteiger partial charge in [-0.25, -0.2) is 4.79 Å². The van der Waals surface area contributed by atoms with Crippen LogP contribution in [0.2, 0.25) is 0 Å². The number of nitrogens with one attached hydrogen (secondary N) is 1. The number of hydrogen-bond acceptors (Lipinski definition) is 5. The van der Waals surface area contributed by atoms with Gasteiger partial charge in [0.2, 0.25) is 0 Å². The van der Waals surface area contributed by atoms with Crippen molar-refractivity contribution in [1.82, 2.24) is 10.2 Å². The van der Waals surface area contributed by atoms with Crippen LogP contribution in [0.4, 0.5) is 0 Å². The van der Waals surface area contributed by atoms with Gasteiger partial charge in [0.25, 0.3) is 0 Å². The molecule has 1 fully saturated rings. The predicted octanol–water partition coefficient (Wildman–Crippen LogP) is 1.22. The molecule has 21 heavy (non-hydrogen) atoms. The maximum Gasteiger partial charge on any atom is 0.338 e. The summed E-state index contributed by atoms with van der Waals surface area (Å²) < 4.78 is 4.86. The third-order valence-electron chi connectivity index (χ3n) is 3.72. The Morgan fingerprint density at radius 2 is 2.05 bits per heavy atom. The zero-order valence-corrected chi connectivity index (χ0v) is 13.1. The van der Waals surface area contributed by atoms with E-state index in [1.54, 1.807) is 6.07 Å². The summed E-state index contributed by atoms with van der Waals surface area (Å²) in [5.74, 6) is -0.321. The number of carbonyl (C=O) groups excluding carboxylic acids is 1. The van der Waals surface area contributed by atoms with Gasteiger partial charge in [0.05, 0.1) is 12.7 Å². The fraction of sp³-hybridized carbons (Fsp3) is 0.533. The standard InChI is InChI=1S/C15H22N2O3.ClH/c1-20-15(19)13-5-3-2-4-12(13)14(6-11-18)17-9-7-16-8-10-17;/h2-5,14,16,18H,6-11H2,1H3;1H/t14-;/m0./s1. The molecule has 1 atom stereocenters. The predicted molar refractivity (Wildman–Crippen MR) is 83.9 cm³/mol. The van der Waals surface area contributed by atoms with Crippen molar-refractivity contribution < 1.29 is 14.6 Å². The molecule has 0 amide bonds. The zero-order chi connectivity index (χ0) is 14.4. The van der Waals surface area contributed by atoms with Gasteiger partial charge in [-0.1, -0.05) is 18.2 Å². The van der Waals surface area contributed by atoms with Crippen molar-refractivity contribution in [2.45, 2.75) is 12.5 Å². The van der Waals surface area contributed by atoms with Crippen molar-refractivity contribution in [3.05, 3.63) is 35.4 Å². The number of aliphatic hydroxyl groups excluding tert-OH is 1. The fourth-order valence-electron chi connectivity index (χ4n) is 2.73. The van der Waals surface area contributed by atoms with E-state index >= 15 is 0 Å². The first-order valence-corrected chi connectivity index (χ1v) is 7.00. The molecular formula is C15H23ClN2O3. The number of nitrogens with zero attached hydrogens (tertiary/aromatic N) is 1. The molecule has 0 aromatic heterocycles. The van der Waals surface area contributed by atoms with Gasteiger partial charge in [-0.2, -0.15) is 0 Å². The summed E-state index contributed by atoms with van der Waals surface area (Å²) in [6, 6.07) is 7.55. The van der Waals surface area contributed by atoms with Gasteiger partial charge < -0.3 is 15.2 Å². The van der Waals surface area contributed by atoms with E-state index < -0.39 is 0 Å². The molecule has 0 aliphatic carbocycles. The van der Waals surface area contributed by atoms with Crippen LogP contribution in [0, 0.1) is 0 Å². The van der Waals surface area contributed by atoms with Gasteiger partial charge in [-0.3, -0.25) is 4.90 Å². The quantitative estimate of drug-likeness (QED) is 0.800. The van der Waals surface area contributed by atoms with Crippen LogP contribution in [0.5, 0.6) is 0 Å². The second-order valence-corrected chi connectivity index (χ2v) is 4.89. The molecule has 1 heterocycles. The van der Waals surface area contributed by atoms with Crippen LogP contribution in [-0.2, 0) is 4.74 Å². The Kier molecular flexibility index (Phi) is 7.67. The minimum atomic E-state index is -0.321. The van der Waals surface area contributed by atoms with E-state index in [1.807, 2.05) is 18.2 Å². The minimum absolute atomic E-state index is 0. The van der Waals surface area contributed by atoms with E-state index in [2.05, 4.69) is 10.2 Å². The maximum absolute atomic E-state index is 11.9. The number of benzene rings is 1. The summed E-state index contributed by atoms with van der Waals surface area (Å²) in [5, 5.41) is 12.7. The molecule has 0 bridgehead atoms. The van der Waals surface area contributed by atoms with Crippen LogP contribution in [0.15, 0.2) is 24.3 Å². The molecule has 0 saturated carbocycles. The largest absolute Gasteiger partial charge is 0.465 e. The molecule has 6 heteroatoms. The van der Waals surface area contributed by atoms with E-state index in [9.17, 15) is 9.90 Å². The Hall–Kier alpha value is -1.14. The van der Waals surface area contributed by atoms with E-state index in [4.69, 9.17) is 4.74 Å². The lowest BCUT2D eigenvalue weighted by Crippen LogP contribution is -2.45. The Bertz CT molecular complexity index is 450. The van der Waals surface area contributed by atoms with Gasteiger partial charge in [-0.15, -0.1) is 12.4 Å². The average molecular weight is 315 g/mol. The molecule has 1 aliphatic heterocycles. The Labute approximate surface area is 131 Å². The van der Waals surface area contributed by atoms with E-state index in [-0.39, 0.29) is 31.0 Å². The molecule has 2 N–H and O–H groups in total. The summed E-state index contributed by atoms with van der Waals surface area (Å²) in [6.07, 6.45) is 0.619. The zero-order valence-electron chi connectivity index (χ0n) is 12.2. The van der Waals surface area contributed by atoms with E-state index in [1.165, 1.54) is 7.11 Å². The normalized spacial score (nSPS) is 16.9. The molecule has 5 nitrogen and oxygen atoms in total.